The van der Waals surface area contributed by atoms with Crippen molar-refractivity contribution in [1.82, 2.24) is 8.87 Å². The molecule has 4 rings (SSSR count). The molecular formula is C20H19ClN2O3S. The lowest BCUT2D eigenvalue weighted by Crippen LogP contribution is -2.40. The van der Waals surface area contributed by atoms with Gasteiger partial charge in [-0.15, -0.1) is 0 Å². The predicted molar refractivity (Wildman–Crippen MR) is 105 cm³/mol. The van der Waals surface area contributed by atoms with Crippen molar-refractivity contribution >= 4 is 21.6 Å². The maximum absolute atomic E-state index is 13.1. The van der Waals surface area contributed by atoms with Crippen molar-refractivity contribution in [3.8, 4) is 11.5 Å². The van der Waals surface area contributed by atoms with E-state index in [-0.39, 0.29) is 10.9 Å². The summed E-state index contributed by atoms with van der Waals surface area (Å²) in [6.45, 7) is 3.01. The van der Waals surface area contributed by atoms with Gasteiger partial charge < -0.3 is 9.30 Å². The van der Waals surface area contributed by atoms with Crippen molar-refractivity contribution in [3.05, 3.63) is 77.6 Å². The summed E-state index contributed by atoms with van der Waals surface area (Å²) in [5.41, 5.74) is 1.00. The zero-order valence-electron chi connectivity index (χ0n) is 14.7. The summed E-state index contributed by atoms with van der Waals surface area (Å²) in [6, 6.07) is 17.3. The molecule has 3 aromatic rings. The van der Waals surface area contributed by atoms with Gasteiger partial charge in [0.25, 0.3) is 0 Å². The molecule has 0 saturated heterocycles. The molecule has 2 aromatic carbocycles. The molecule has 1 aliphatic rings. The minimum absolute atomic E-state index is 0.210. The first-order valence-electron chi connectivity index (χ1n) is 8.66. The van der Waals surface area contributed by atoms with Gasteiger partial charge in [0.1, 0.15) is 11.5 Å². The second-order valence-corrected chi connectivity index (χ2v) is 8.72. The van der Waals surface area contributed by atoms with Crippen LogP contribution in [-0.4, -0.2) is 23.8 Å². The van der Waals surface area contributed by atoms with Crippen LogP contribution in [0.3, 0.4) is 0 Å². The molecule has 0 N–H and O–H groups in total. The van der Waals surface area contributed by atoms with Gasteiger partial charge in [-0.05, 0) is 55.5 Å². The summed E-state index contributed by atoms with van der Waals surface area (Å²) in [6.07, 6.45) is 1.98. The van der Waals surface area contributed by atoms with Crippen LogP contribution in [0.5, 0.6) is 11.5 Å². The molecule has 1 aromatic heterocycles. The summed E-state index contributed by atoms with van der Waals surface area (Å²) in [7, 11) is -3.59. The molecule has 27 heavy (non-hydrogen) atoms. The first kappa shape index (κ1) is 18.1. The fourth-order valence-electron chi connectivity index (χ4n) is 3.36. The SMILES string of the molecule is CC1c2cccn2CCN1S(=O)(=O)c1ccc(Oc2ccccc2Cl)cc1. The average Bonchev–Trinajstić information content (AvgIpc) is 3.14. The molecule has 2 heterocycles. The standard InChI is InChI=1S/C20H19ClN2O3S/c1-15-19-6-4-12-22(19)13-14-23(15)27(24,25)17-10-8-16(9-11-17)26-20-7-3-2-5-18(20)21/h2-12,15H,13-14H2,1H3. The summed E-state index contributed by atoms with van der Waals surface area (Å²) < 4.78 is 35.6. The highest BCUT2D eigenvalue weighted by atomic mass is 35.5. The second-order valence-electron chi connectivity index (χ2n) is 6.42. The van der Waals surface area contributed by atoms with E-state index in [9.17, 15) is 8.42 Å². The Morgan fingerprint density at radius 3 is 2.48 bits per heavy atom. The summed E-state index contributed by atoms with van der Waals surface area (Å²) in [5, 5.41) is 0.499. The zero-order chi connectivity index (χ0) is 19.0. The fraction of sp³-hybridized carbons (Fsp3) is 0.200. The maximum Gasteiger partial charge on any atom is 0.243 e. The highest BCUT2D eigenvalue weighted by Gasteiger charge is 2.33. The van der Waals surface area contributed by atoms with Gasteiger partial charge in [0.05, 0.1) is 16.0 Å². The lowest BCUT2D eigenvalue weighted by molar-refractivity contribution is 0.282. The molecule has 0 spiro atoms. The molecule has 5 nitrogen and oxygen atoms in total. The number of hydrogen-bond acceptors (Lipinski definition) is 3. The number of sulfonamides is 1. The smallest absolute Gasteiger partial charge is 0.243 e. The predicted octanol–water partition coefficient (Wildman–Crippen LogP) is 4.70. The number of para-hydroxylation sites is 1. The van der Waals surface area contributed by atoms with Gasteiger partial charge in [0, 0.05) is 25.0 Å². The zero-order valence-corrected chi connectivity index (χ0v) is 16.3. The Morgan fingerprint density at radius 2 is 1.74 bits per heavy atom. The van der Waals surface area contributed by atoms with Crippen LogP contribution >= 0.6 is 11.6 Å². The van der Waals surface area contributed by atoms with Crippen LogP contribution in [0.25, 0.3) is 0 Å². The third kappa shape index (κ3) is 3.36. The van der Waals surface area contributed by atoms with Gasteiger partial charge in [-0.2, -0.15) is 4.31 Å². The van der Waals surface area contributed by atoms with Crippen LogP contribution < -0.4 is 4.74 Å². The van der Waals surface area contributed by atoms with Gasteiger partial charge in [0.15, 0.2) is 0 Å². The maximum atomic E-state index is 13.1. The van der Waals surface area contributed by atoms with Crippen LogP contribution in [0.2, 0.25) is 5.02 Å². The largest absolute Gasteiger partial charge is 0.456 e. The Morgan fingerprint density at radius 1 is 1.00 bits per heavy atom. The van der Waals surface area contributed by atoms with E-state index in [1.165, 1.54) is 0 Å². The Hall–Kier alpha value is -2.28. The number of ether oxygens (including phenoxy) is 1. The quantitative estimate of drug-likeness (QED) is 0.635. The average molecular weight is 403 g/mol. The van der Waals surface area contributed by atoms with Gasteiger partial charge in [-0.25, -0.2) is 8.42 Å². The Bertz CT molecular complexity index is 1060. The third-order valence-electron chi connectivity index (χ3n) is 4.78. The van der Waals surface area contributed by atoms with Crippen LogP contribution in [0.4, 0.5) is 0 Å². The van der Waals surface area contributed by atoms with E-state index >= 15 is 0 Å². The van der Waals surface area contributed by atoms with Gasteiger partial charge in [-0.1, -0.05) is 23.7 Å². The lowest BCUT2D eigenvalue weighted by atomic mass is 10.2. The fourth-order valence-corrected chi connectivity index (χ4v) is 5.13. The lowest BCUT2D eigenvalue weighted by Gasteiger charge is -2.33. The first-order chi connectivity index (χ1) is 13.0. The van der Waals surface area contributed by atoms with Crippen molar-refractivity contribution in [1.29, 1.82) is 0 Å². The first-order valence-corrected chi connectivity index (χ1v) is 10.5. The number of nitrogens with zero attached hydrogens (tertiary/aromatic N) is 2. The van der Waals surface area contributed by atoms with Crippen molar-refractivity contribution < 1.29 is 13.2 Å². The number of benzene rings is 2. The molecule has 1 atom stereocenters. The number of fused-ring (bicyclic) bond motifs is 1. The Labute approximate surface area is 163 Å². The third-order valence-corrected chi connectivity index (χ3v) is 7.08. The highest BCUT2D eigenvalue weighted by molar-refractivity contribution is 7.89. The monoisotopic (exact) mass is 402 g/mol. The molecule has 0 amide bonds. The molecule has 0 fully saturated rings. The van der Waals surface area contributed by atoms with Crippen LogP contribution in [0.1, 0.15) is 18.7 Å². The van der Waals surface area contributed by atoms with E-state index in [1.54, 1.807) is 40.7 Å². The van der Waals surface area contributed by atoms with Crippen LogP contribution in [0.15, 0.2) is 71.8 Å². The van der Waals surface area contributed by atoms with Gasteiger partial charge >= 0.3 is 0 Å². The molecule has 1 aliphatic heterocycles. The summed E-state index contributed by atoms with van der Waals surface area (Å²) >= 11 is 6.10. The second kappa shape index (κ2) is 7.03. The number of aromatic nitrogens is 1. The number of hydrogen-bond donors (Lipinski definition) is 0. The Kier molecular flexibility index (Phi) is 4.72. The van der Waals surface area contributed by atoms with Gasteiger partial charge in [-0.3, -0.25) is 0 Å². The molecule has 0 saturated carbocycles. The van der Waals surface area contributed by atoms with E-state index in [1.807, 2.05) is 37.4 Å². The van der Waals surface area contributed by atoms with Gasteiger partial charge in [0.2, 0.25) is 10.0 Å². The molecule has 0 bridgehead atoms. The summed E-state index contributed by atoms with van der Waals surface area (Å²) in [4.78, 5) is 0.251. The number of rotatable bonds is 4. The van der Waals surface area contributed by atoms with Crippen LogP contribution in [0, 0.1) is 0 Å². The molecule has 140 valence electrons. The highest BCUT2D eigenvalue weighted by Crippen LogP contribution is 2.33. The minimum Gasteiger partial charge on any atom is -0.456 e. The van der Waals surface area contributed by atoms with Crippen molar-refractivity contribution in [2.24, 2.45) is 0 Å². The van der Waals surface area contributed by atoms with E-state index in [2.05, 4.69) is 4.57 Å². The van der Waals surface area contributed by atoms with E-state index in [4.69, 9.17) is 16.3 Å². The topological polar surface area (TPSA) is 51.5 Å². The Balaban J connectivity index is 1.57. The van der Waals surface area contributed by atoms with Crippen molar-refractivity contribution in [2.45, 2.75) is 24.4 Å². The molecular weight excluding hydrogens is 384 g/mol. The summed E-state index contributed by atoms with van der Waals surface area (Å²) in [5.74, 6) is 1.06. The molecule has 0 aliphatic carbocycles. The normalized spacial score (nSPS) is 17.5. The van der Waals surface area contributed by atoms with E-state index in [0.717, 1.165) is 5.69 Å². The van der Waals surface area contributed by atoms with E-state index < -0.39 is 10.0 Å². The number of halogens is 1. The van der Waals surface area contributed by atoms with E-state index in [0.29, 0.717) is 29.6 Å². The molecule has 1 unspecified atom stereocenters. The van der Waals surface area contributed by atoms with Crippen LogP contribution in [-0.2, 0) is 16.6 Å². The molecule has 7 heteroatoms. The minimum atomic E-state index is -3.59. The molecule has 0 radical (unpaired) electrons. The van der Waals surface area contributed by atoms with Crippen molar-refractivity contribution in [2.75, 3.05) is 6.54 Å². The van der Waals surface area contributed by atoms with Crippen molar-refractivity contribution in [3.63, 3.8) is 0 Å².